The van der Waals surface area contributed by atoms with Crippen LogP contribution < -0.4 is 10.2 Å². The van der Waals surface area contributed by atoms with Crippen LogP contribution in [0.15, 0.2) is 53.4 Å². The molecule has 0 spiro atoms. The van der Waals surface area contributed by atoms with E-state index in [1.54, 1.807) is 29.7 Å². The zero-order valence-electron chi connectivity index (χ0n) is 14.7. The molecule has 1 amide bonds. The van der Waals surface area contributed by atoms with Crippen molar-refractivity contribution < 1.29 is 32.6 Å². The number of hydrogen-bond donors (Lipinski definition) is 2. The summed E-state index contributed by atoms with van der Waals surface area (Å²) in [6, 6.07) is 11.3. The van der Waals surface area contributed by atoms with Crippen LogP contribution in [0.1, 0.15) is 18.4 Å². The first-order valence-corrected chi connectivity index (χ1v) is 9.30. The summed E-state index contributed by atoms with van der Waals surface area (Å²) in [5, 5.41) is 9.06. The van der Waals surface area contributed by atoms with E-state index in [9.17, 15) is 18.0 Å². The van der Waals surface area contributed by atoms with Gasteiger partial charge in [-0.25, -0.2) is 5.48 Å². The number of rotatable bonds is 5. The molecule has 0 atom stereocenters. The molecular formula is C19H18F3NO4S. The molecule has 28 heavy (non-hydrogen) atoms. The van der Waals surface area contributed by atoms with Gasteiger partial charge in [0.15, 0.2) is 0 Å². The van der Waals surface area contributed by atoms with Crippen LogP contribution in [0.2, 0.25) is 0 Å². The third-order valence-corrected chi connectivity index (χ3v) is 5.86. The number of hydroxylamine groups is 1. The zero-order chi connectivity index (χ0) is 20.2. The summed E-state index contributed by atoms with van der Waals surface area (Å²) < 4.78 is 47.9. The quantitative estimate of drug-likeness (QED) is 0.552. The Morgan fingerprint density at radius 3 is 2.07 bits per heavy atom. The molecule has 3 rings (SSSR count). The average Bonchev–Trinajstić information content (AvgIpc) is 2.69. The standard InChI is InChI=1S/C19H18F3NO4S/c20-19(21,22)13-1-3-14(4-2-13)27-15-5-7-16(8-6-15)28-18(17(24)23-25)9-11-26-12-10-18/h1-8,25H,9-12H2,(H,23,24). The zero-order valence-corrected chi connectivity index (χ0v) is 15.5. The van der Waals surface area contributed by atoms with Gasteiger partial charge in [0.25, 0.3) is 5.91 Å². The number of halogens is 3. The molecule has 1 heterocycles. The molecule has 0 saturated carbocycles. The number of nitrogens with one attached hydrogen (secondary N) is 1. The Hall–Kier alpha value is -2.23. The fourth-order valence-corrected chi connectivity index (χ4v) is 4.06. The van der Waals surface area contributed by atoms with Crippen molar-refractivity contribution in [2.45, 2.75) is 28.7 Å². The van der Waals surface area contributed by atoms with E-state index in [2.05, 4.69) is 0 Å². The molecule has 5 nitrogen and oxygen atoms in total. The summed E-state index contributed by atoms with van der Waals surface area (Å²) >= 11 is 1.33. The van der Waals surface area contributed by atoms with Gasteiger partial charge in [-0.2, -0.15) is 13.2 Å². The van der Waals surface area contributed by atoms with Crippen molar-refractivity contribution in [2.24, 2.45) is 0 Å². The average molecular weight is 413 g/mol. The number of hydrogen-bond acceptors (Lipinski definition) is 5. The highest BCUT2D eigenvalue weighted by Crippen LogP contribution is 2.41. The second-order valence-electron chi connectivity index (χ2n) is 6.25. The fraction of sp³-hybridized carbons (Fsp3) is 0.316. The van der Waals surface area contributed by atoms with Gasteiger partial charge in [-0.15, -0.1) is 11.8 Å². The summed E-state index contributed by atoms with van der Waals surface area (Å²) in [6.45, 7) is 0.852. The van der Waals surface area contributed by atoms with E-state index in [4.69, 9.17) is 14.7 Å². The van der Waals surface area contributed by atoms with Crippen molar-refractivity contribution in [3.05, 3.63) is 54.1 Å². The van der Waals surface area contributed by atoms with E-state index < -0.39 is 22.4 Å². The number of alkyl halides is 3. The maximum absolute atomic E-state index is 12.6. The van der Waals surface area contributed by atoms with E-state index in [0.717, 1.165) is 17.0 Å². The molecule has 0 aliphatic carbocycles. The molecule has 2 N–H and O–H groups in total. The molecule has 0 bridgehead atoms. The Kier molecular flexibility index (Phi) is 6.17. The van der Waals surface area contributed by atoms with Crippen LogP contribution in [0, 0.1) is 0 Å². The normalized spacial score (nSPS) is 16.4. The third kappa shape index (κ3) is 4.78. The van der Waals surface area contributed by atoms with Gasteiger partial charge in [-0.1, -0.05) is 0 Å². The first-order chi connectivity index (χ1) is 13.3. The molecule has 1 aliphatic rings. The van der Waals surface area contributed by atoms with Crippen molar-refractivity contribution >= 4 is 17.7 Å². The Labute approximate surface area is 163 Å². The maximum atomic E-state index is 12.6. The van der Waals surface area contributed by atoms with Gasteiger partial charge in [0.05, 0.1) is 5.56 Å². The van der Waals surface area contributed by atoms with E-state index in [0.29, 0.717) is 31.8 Å². The lowest BCUT2D eigenvalue weighted by Crippen LogP contribution is -2.46. The monoisotopic (exact) mass is 413 g/mol. The molecule has 150 valence electrons. The second kappa shape index (κ2) is 8.42. The molecule has 0 unspecified atom stereocenters. The van der Waals surface area contributed by atoms with Crippen molar-refractivity contribution in [1.82, 2.24) is 5.48 Å². The van der Waals surface area contributed by atoms with Crippen LogP contribution in [0.3, 0.4) is 0 Å². The number of ether oxygens (including phenoxy) is 2. The minimum atomic E-state index is -4.39. The molecule has 0 aromatic heterocycles. The van der Waals surface area contributed by atoms with E-state index in [1.165, 1.54) is 23.9 Å². The van der Waals surface area contributed by atoms with Gasteiger partial charge < -0.3 is 9.47 Å². The largest absolute Gasteiger partial charge is 0.457 e. The molecule has 9 heteroatoms. The first-order valence-electron chi connectivity index (χ1n) is 8.49. The lowest BCUT2D eigenvalue weighted by Gasteiger charge is -2.34. The Morgan fingerprint density at radius 2 is 1.57 bits per heavy atom. The number of benzene rings is 2. The van der Waals surface area contributed by atoms with Gasteiger partial charge in [-0.3, -0.25) is 10.0 Å². The summed E-state index contributed by atoms with van der Waals surface area (Å²) in [5.41, 5.74) is 0.995. The number of carbonyl (C=O) groups is 1. The van der Waals surface area contributed by atoms with Crippen LogP contribution in [0.5, 0.6) is 11.5 Å². The predicted octanol–water partition coefficient (Wildman–Crippen LogP) is 4.64. The van der Waals surface area contributed by atoms with Gasteiger partial charge in [0, 0.05) is 18.1 Å². The van der Waals surface area contributed by atoms with E-state index >= 15 is 0 Å². The van der Waals surface area contributed by atoms with Crippen LogP contribution in [-0.4, -0.2) is 29.1 Å². The fourth-order valence-electron chi connectivity index (χ4n) is 2.83. The van der Waals surface area contributed by atoms with Gasteiger partial charge in [0.2, 0.25) is 0 Å². The topological polar surface area (TPSA) is 67.8 Å². The number of amides is 1. The van der Waals surface area contributed by atoms with E-state index in [1.807, 2.05) is 0 Å². The molecule has 0 radical (unpaired) electrons. The van der Waals surface area contributed by atoms with Crippen LogP contribution in [0.4, 0.5) is 13.2 Å². The molecular weight excluding hydrogens is 395 g/mol. The van der Waals surface area contributed by atoms with Crippen molar-refractivity contribution in [2.75, 3.05) is 13.2 Å². The van der Waals surface area contributed by atoms with Crippen molar-refractivity contribution in [3.8, 4) is 11.5 Å². The van der Waals surface area contributed by atoms with Gasteiger partial charge in [0.1, 0.15) is 16.2 Å². The Balaban J connectivity index is 1.68. The molecule has 1 saturated heterocycles. The van der Waals surface area contributed by atoms with Crippen LogP contribution in [0.25, 0.3) is 0 Å². The predicted molar refractivity (Wildman–Crippen MR) is 96.5 cm³/mol. The highest BCUT2D eigenvalue weighted by molar-refractivity contribution is 8.01. The van der Waals surface area contributed by atoms with Crippen LogP contribution >= 0.6 is 11.8 Å². The second-order valence-corrected chi connectivity index (χ2v) is 7.70. The van der Waals surface area contributed by atoms with E-state index in [-0.39, 0.29) is 5.75 Å². The Morgan fingerprint density at radius 1 is 1.04 bits per heavy atom. The number of thioether (sulfide) groups is 1. The summed E-state index contributed by atoms with van der Waals surface area (Å²) in [5.74, 6) is 0.275. The van der Waals surface area contributed by atoms with Crippen molar-refractivity contribution in [1.29, 1.82) is 0 Å². The summed E-state index contributed by atoms with van der Waals surface area (Å²) in [7, 11) is 0. The van der Waals surface area contributed by atoms with Crippen molar-refractivity contribution in [3.63, 3.8) is 0 Å². The minimum absolute atomic E-state index is 0.286. The SMILES string of the molecule is O=C(NO)C1(Sc2ccc(Oc3ccc(C(F)(F)F)cc3)cc2)CCOCC1. The molecule has 1 aliphatic heterocycles. The van der Waals surface area contributed by atoms with Crippen LogP contribution in [-0.2, 0) is 15.7 Å². The lowest BCUT2D eigenvalue weighted by molar-refractivity contribution is -0.137. The lowest BCUT2D eigenvalue weighted by atomic mass is 9.98. The third-order valence-electron chi connectivity index (χ3n) is 4.37. The molecule has 2 aromatic carbocycles. The maximum Gasteiger partial charge on any atom is 0.416 e. The molecule has 1 fully saturated rings. The smallest absolute Gasteiger partial charge is 0.416 e. The highest BCUT2D eigenvalue weighted by Gasteiger charge is 2.41. The minimum Gasteiger partial charge on any atom is -0.457 e. The number of carbonyl (C=O) groups excluding carboxylic acids is 1. The summed E-state index contributed by atoms with van der Waals surface area (Å²) in [4.78, 5) is 13.0. The summed E-state index contributed by atoms with van der Waals surface area (Å²) in [6.07, 6.45) is -3.46. The molecule has 2 aromatic rings. The first kappa shape index (κ1) is 20.5. The van der Waals surface area contributed by atoms with Gasteiger partial charge in [-0.05, 0) is 61.4 Å². The van der Waals surface area contributed by atoms with Gasteiger partial charge >= 0.3 is 6.18 Å². The highest BCUT2D eigenvalue weighted by atomic mass is 32.2. The Bertz CT molecular complexity index is 803.